The van der Waals surface area contributed by atoms with E-state index in [1.807, 2.05) is 6.92 Å². The highest BCUT2D eigenvalue weighted by Gasteiger charge is 2.29. The molecule has 0 unspecified atom stereocenters. The molecule has 1 fully saturated rings. The van der Waals surface area contributed by atoms with Crippen molar-refractivity contribution in [3.63, 3.8) is 0 Å². The molecule has 8 heteroatoms. The highest BCUT2D eigenvalue weighted by molar-refractivity contribution is 7.12. The van der Waals surface area contributed by atoms with Crippen molar-refractivity contribution in [2.45, 2.75) is 19.8 Å². The summed E-state index contributed by atoms with van der Waals surface area (Å²) >= 11 is 1.31. The van der Waals surface area contributed by atoms with Crippen molar-refractivity contribution < 1.29 is 9.59 Å². The summed E-state index contributed by atoms with van der Waals surface area (Å²) in [4.78, 5) is 33.3. The summed E-state index contributed by atoms with van der Waals surface area (Å²) in [7, 11) is 0. The minimum atomic E-state index is -0.267. The van der Waals surface area contributed by atoms with Gasteiger partial charge in [-0.3, -0.25) is 9.59 Å². The third-order valence-electron chi connectivity index (χ3n) is 3.99. The molecule has 25 heavy (non-hydrogen) atoms. The molecule has 1 aliphatic rings. The third-order valence-corrected chi connectivity index (χ3v) is 4.86. The minimum absolute atomic E-state index is 0.00315. The zero-order chi connectivity index (χ0) is 17.4. The maximum Gasteiger partial charge on any atom is 0.257 e. The molecule has 3 aromatic heterocycles. The largest absolute Gasteiger partial charge is 0.321 e. The molecule has 0 bridgehead atoms. The number of pyridine rings is 2. The van der Waals surface area contributed by atoms with Gasteiger partial charge in [-0.2, -0.15) is 4.37 Å². The first kappa shape index (κ1) is 15.6. The number of nitrogens with zero attached hydrogens (tertiary/aromatic N) is 3. The molecule has 3 heterocycles. The Morgan fingerprint density at radius 2 is 2.00 bits per heavy atom. The number of hydrogen-bond acceptors (Lipinski definition) is 6. The van der Waals surface area contributed by atoms with E-state index in [0.29, 0.717) is 17.1 Å². The molecular weight excluding hydrogens is 338 g/mol. The first-order valence-corrected chi connectivity index (χ1v) is 8.68. The quantitative estimate of drug-likeness (QED) is 0.751. The maximum atomic E-state index is 12.4. The molecule has 0 saturated heterocycles. The van der Waals surface area contributed by atoms with Crippen molar-refractivity contribution in [3.8, 4) is 0 Å². The van der Waals surface area contributed by atoms with Gasteiger partial charge in [0.1, 0.15) is 10.6 Å². The first-order chi connectivity index (χ1) is 12.1. The molecule has 0 atom stereocenters. The number of rotatable bonds is 4. The Kier molecular flexibility index (Phi) is 3.89. The second kappa shape index (κ2) is 6.21. The standard InChI is InChI=1S/C17H15N5O2S/c1-9-13-6-11(7-19-17(13)25-22-9)16(24)20-12-4-5-14(18-8-12)21-15(23)10-2-3-10/h4-8,10H,2-3H2,1H3,(H,20,24)(H,18,21,23). The number of carbonyl (C=O) groups is 2. The first-order valence-electron chi connectivity index (χ1n) is 7.90. The van der Waals surface area contributed by atoms with Gasteiger partial charge in [0, 0.05) is 17.5 Å². The van der Waals surface area contributed by atoms with Crippen molar-refractivity contribution in [1.29, 1.82) is 0 Å². The average Bonchev–Trinajstić information content (AvgIpc) is 3.41. The SMILES string of the molecule is Cc1nsc2ncc(C(=O)Nc3ccc(NC(=O)C4CC4)nc3)cc12. The van der Waals surface area contributed by atoms with E-state index in [1.165, 1.54) is 23.9 Å². The summed E-state index contributed by atoms with van der Waals surface area (Å²) < 4.78 is 4.23. The summed E-state index contributed by atoms with van der Waals surface area (Å²) in [6.07, 6.45) is 4.94. The van der Waals surface area contributed by atoms with Crippen molar-refractivity contribution in [3.05, 3.63) is 41.9 Å². The number of carbonyl (C=O) groups excluding carboxylic acids is 2. The highest BCUT2D eigenvalue weighted by Crippen LogP contribution is 2.30. The zero-order valence-corrected chi connectivity index (χ0v) is 14.3. The van der Waals surface area contributed by atoms with E-state index in [2.05, 4.69) is 25.0 Å². The second-order valence-corrected chi connectivity index (χ2v) is 6.75. The number of anilines is 2. The predicted octanol–water partition coefficient (Wildman–Crippen LogP) is 3.00. The summed E-state index contributed by atoms with van der Waals surface area (Å²) in [6.45, 7) is 1.89. The van der Waals surface area contributed by atoms with E-state index >= 15 is 0 Å². The highest BCUT2D eigenvalue weighted by atomic mass is 32.1. The fraction of sp³-hybridized carbons (Fsp3) is 0.235. The van der Waals surface area contributed by atoms with Gasteiger partial charge in [0.2, 0.25) is 5.91 Å². The molecule has 1 saturated carbocycles. The number of aryl methyl sites for hydroxylation is 1. The molecule has 3 aromatic rings. The van der Waals surface area contributed by atoms with Crippen LogP contribution in [0.25, 0.3) is 10.2 Å². The van der Waals surface area contributed by atoms with Crippen molar-refractivity contribution in [2.75, 3.05) is 10.6 Å². The molecule has 2 N–H and O–H groups in total. The van der Waals surface area contributed by atoms with Crippen LogP contribution in [0.1, 0.15) is 28.9 Å². The number of hydrogen-bond donors (Lipinski definition) is 2. The lowest BCUT2D eigenvalue weighted by molar-refractivity contribution is -0.117. The molecule has 0 aliphatic heterocycles. The second-order valence-electron chi connectivity index (χ2n) is 5.99. The van der Waals surface area contributed by atoms with E-state index in [9.17, 15) is 9.59 Å². The summed E-state index contributed by atoms with van der Waals surface area (Å²) in [5.74, 6) is 0.344. The van der Waals surface area contributed by atoms with Gasteiger partial charge in [-0.15, -0.1) is 0 Å². The van der Waals surface area contributed by atoms with Gasteiger partial charge in [-0.05, 0) is 49.5 Å². The number of amides is 2. The predicted molar refractivity (Wildman–Crippen MR) is 95.7 cm³/mol. The lowest BCUT2D eigenvalue weighted by Gasteiger charge is -2.07. The van der Waals surface area contributed by atoms with Crippen LogP contribution in [-0.4, -0.2) is 26.2 Å². The van der Waals surface area contributed by atoms with Gasteiger partial charge in [-0.1, -0.05) is 0 Å². The van der Waals surface area contributed by atoms with Gasteiger partial charge >= 0.3 is 0 Å². The summed E-state index contributed by atoms with van der Waals surface area (Å²) in [5.41, 5.74) is 1.87. The van der Waals surface area contributed by atoms with Crippen LogP contribution in [0.4, 0.5) is 11.5 Å². The maximum absolute atomic E-state index is 12.4. The van der Waals surface area contributed by atoms with Crippen LogP contribution in [0.3, 0.4) is 0 Å². The average molecular weight is 353 g/mol. The molecule has 1 aliphatic carbocycles. The normalized spacial score (nSPS) is 13.6. The molecule has 7 nitrogen and oxygen atoms in total. The van der Waals surface area contributed by atoms with Crippen LogP contribution in [0.2, 0.25) is 0 Å². The molecule has 0 radical (unpaired) electrons. The lowest BCUT2D eigenvalue weighted by atomic mass is 10.2. The van der Waals surface area contributed by atoms with Crippen molar-refractivity contribution in [2.24, 2.45) is 5.92 Å². The van der Waals surface area contributed by atoms with Gasteiger partial charge in [0.25, 0.3) is 5.91 Å². The van der Waals surface area contributed by atoms with Crippen LogP contribution in [0.5, 0.6) is 0 Å². The van der Waals surface area contributed by atoms with Crippen molar-refractivity contribution in [1.82, 2.24) is 14.3 Å². The third kappa shape index (κ3) is 3.34. The van der Waals surface area contributed by atoms with Gasteiger partial charge in [0.15, 0.2) is 0 Å². The van der Waals surface area contributed by atoms with E-state index in [-0.39, 0.29) is 17.7 Å². The Morgan fingerprint density at radius 1 is 1.16 bits per heavy atom. The monoisotopic (exact) mass is 353 g/mol. The number of nitrogens with one attached hydrogen (secondary N) is 2. The number of fused-ring (bicyclic) bond motifs is 1. The van der Waals surface area contributed by atoms with Gasteiger partial charge in [0.05, 0.1) is 23.1 Å². The van der Waals surface area contributed by atoms with Crippen molar-refractivity contribution >= 4 is 45.1 Å². The molecule has 4 rings (SSSR count). The zero-order valence-electron chi connectivity index (χ0n) is 13.4. The van der Waals surface area contributed by atoms with Crippen LogP contribution in [0.15, 0.2) is 30.6 Å². The van der Waals surface area contributed by atoms with Gasteiger partial charge < -0.3 is 10.6 Å². The smallest absolute Gasteiger partial charge is 0.257 e. The Morgan fingerprint density at radius 3 is 2.72 bits per heavy atom. The topological polar surface area (TPSA) is 96.9 Å². The van der Waals surface area contributed by atoms with E-state index in [4.69, 9.17) is 0 Å². The van der Waals surface area contributed by atoms with Gasteiger partial charge in [-0.25, -0.2) is 9.97 Å². The summed E-state index contributed by atoms with van der Waals surface area (Å²) in [5, 5.41) is 6.42. The Balaban J connectivity index is 1.45. The fourth-order valence-electron chi connectivity index (χ4n) is 2.39. The molecular formula is C17H15N5O2S. The Labute approximate surface area is 147 Å². The summed E-state index contributed by atoms with van der Waals surface area (Å²) in [6, 6.07) is 5.16. The van der Waals surface area contributed by atoms with E-state index in [0.717, 1.165) is 28.8 Å². The van der Waals surface area contributed by atoms with Crippen LogP contribution in [-0.2, 0) is 4.79 Å². The molecule has 2 amide bonds. The lowest BCUT2D eigenvalue weighted by Crippen LogP contribution is -2.15. The fourth-order valence-corrected chi connectivity index (χ4v) is 3.11. The van der Waals surface area contributed by atoms with Crippen LogP contribution < -0.4 is 10.6 Å². The Hall–Kier alpha value is -2.87. The Bertz CT molecular complexity index is 963. The number of aromatic nitrogens is 3. The molecule has 0 aromatic carbocycles. The molecule has 0 spiro atoms. The minimum Gasteiger partial charge on any atom is -0.321 e. The molecule has 126 valence electrons. The van der Waals surface area contributed by atoms with E-state index < -0.39 is 0 Å². The van der Waals surface area contributed by atoms with E-state index in [1.54, 1.807) is 18.2 Å². The van der Waals surface area contributed by atoms with Crippen LogP contribution >= 0.6 is 11.5 Å². The van der Waals surface area contributed by atoms with Crippen LogP contribution in [0, 0.1) is 12.8 Å².